The molecule has 0 unspecified atom stereocenters. The quantitative estimate of drug-likeness (QED) is 0.734. The third-order valence-corrected chi connectivity index (χ3v) is 3.29. The highest BCUT2D eigenvalue weighted by molar-refractivity contribution is 5.90. The lowest BCUT2D eigenvalue weighted by atomic mass is 10.1. The van der Waals surface area contributed by atoms with Crippen molar-refractivity contribution in [3.63, 3.8) is 0 Å². The summed E-state index contributed by atoms with van der Waals surface area (Å²) in [5.41, 5.74) is 3.40. The second kappa shape index (κ2) is 6.26. The first kappa shape index (κ1) is 14.1. The maximum absolute atomic E-state index is 11.6. The van der Waals surface area contributed by atoms with Gasteiger partial charge in [0.15, 0.2) is 0 Å². The van der Waals surface area contributed by atoms with Gasteiger partial charge in [0, 0.05) is 23.0 Å². The molecule has 0 spiro atoms. The van der Waals surface area contributed by atoms with Crippen molar-refractivity contribution in [2.45, 2.75) is 6.92 Å². The molecule has 110 valence electrons. The topological polar surface area (TPSA) is 51.2 Å². The summed E-state index contributed by atoms with van der Waals surface area (Å²) in [7, 11) is 0. The van der Waals surface area contributed by atoms with E-state index in [-0.39, 0.29) is 5.97 Å². The first-order chi connectivity index (χ1) is 10.8. The normalized spacial score (nSPS) is 10.4. The molecule has 0 radical (unpaired) electrons. The number of benzene rings is 2. The van der Waals surface area contributed by atoms with Gasteiger partial charge in [-0.25, -0.2) is 4.79 Å². The van der Waals surface area contributed by atoms with E-state index in [4.69, 9.17) is 4.74 Å². The monoisotopic (exact) mass is 292 g/mol. The predicted molar refractivity (Wildman–Crippen MR) is 87.4 cm³/mol. The summed E-state index contributed by atoms with van der Waals surface area (Å²) in [6, 6.07) is 17.2. The van der Waals surface area contributed by atoms with Crippen LogP contribution in [-0.2, 0) is 4.74 Å². The summed E-state index contributed by atoms with van der Waals surface area (Å²) in [6.07, 6.45) is 1.78. The zero-order valence-electron chi connectivity index (χ0n) is 12.2. The highest BCUT2D eigenvalue weighted by atomic mass is 16.5. The lowest BCUT2D eigenvalue weighted by Gasteiger charge is -2.08. The highest BCUT2D eigenvalue weighted by Crippen LogP contribution is 2.21. The van der Waals surface area contributed by atoms with Gasteiger partial charge >= 0.3 is 5.97 Å². The van der Waals surface area contributed by atoms with Crippen molar-refractivity contribution in [1.82, 2.24) is 4.98 Å². The summed E-state index contributed by atoms with van der Waals surface area (Å²) in [6.45, 7) is 2.17. The Labute approximate surface area is 128 Å². The molecule has 22 heavy (non-hydrogen) atoms. The van der Waals surface area contributed by atoms with Crippen LogP contribution in [0.25, 0.3) is 10.9 Å². The van der Waals surface area contributed by atoms with Gasteiger partial charge in [-0.2, -0.15) is 0 Å². The van der Waals surface area contributed by atoms with Gasteiger partial charge in [-0.05, 0) is 55.5 Å². The van der Waals surface area contributed by atoms with Crippen LogP contribution >= 0.6 is 0 Å². The van der Waals surface area contributed by atoms with Crippen molar-refractivity contribution < 1.29 is 9.53 Å². The molecule has 4 heteroatoms. The Balaban J connectivity index is 1.78. The van der Waals surface area contributed by atoms with Crippen molar-refractivity contribution in [3.8, 4) is 0 Å². The van der Waals surface area contributed by atoms with Gasteiger partial charge in [-0.3, -0.25) is 4.98 Å². The van der Waals surface area contributed by atoms with Gasteiger partial charge in [-0.1, -0.05) is 6.07 Å². The lowest BCUT2D eigenvalue weighted by Crippen LogP contribution is -2.04. The van der Waals surface area contributed by atoms with Gasteiger partial charge in [0.2, 0.25) is 0 Å². The van der Waals surface area contributed by atoms with Gasteiger partial charge in [0.05, 0.1) is 17.7 Å². The number of fused-ring (bicyclic) bond motifs is 1. The van der Waals surface area contributed by atoms with E-state index in [1.165, 1.54) is 0 Å². The van der Waals surface area contributed by atoms with E-state index >= 15 is 0 Å². The SMILES string of the molecule is CCOC(=O)c1ccc(Nc2ccc3ncccc3c2)cc1. The number of nitrogens with zero attached hydrogens (tertiary/aromatic N) is 1. The summed E-state index contributed by atoms with van der Waals surface area (Å²) in [4.78, 5) is 15.9. The average Bonchev–Trinajstić information content (AvgIpc) is 2.56. The Morgan fingerprint density at radius 1 is 1.09 bits per heavy atom. The highest BCUT2D eigenvalue weighted by Gasteiger charge is 2.05. The minimum Gasteiger partial charge on any atom is -0.462 e. The molecule has 2 aromatic carbocycles. The first-order valence-corrected chi connectivity index (χ1v) is 7.15. The Morgan fingerprint density at radius 3 is 2.64 bits per heavy atom. The van der Waals surface area contributed by atoms with Crippen LogP contribution in [0.1, 0.15) is 17.3 Å². The molecule has 0 atom stereocenters. The number of hydrogen-bond donors (Lipinski definition) is 1. The number of carbonyl (C=O) groups is 1. The summed E-state index contributed by atoms with van der Waals surface area (Å²) >= 11 is 0. The average molecular weight is 292 g/mol. The minimum absolute atomic E-state index is 0.300. The van der Waals surface area contributed by atoms with E-state index in [9.17, 15) is 4.79 Å². The van der Waals surface area contributed by atoms with Crippen molar-refractivity contribution in [2.75, 3.05) is 11.9 Å². The third kappa shape index (κ3) is 3.06. The molecule has 0 amide bonds. The molecule has 1 N–H and O–H groups in total. The zero-order chi connectivity index (χ0) is 15.4. The number of rotatable bonds is 4. The van der Waals surface area contributed by atoms with Gasteiger partial charge in [0.1, 0.15) is 0 Å². The second-order valence-electron chi connectivity index (χ2n) is 4.83. The molecule has 3 rings (SSSR count). The number of hydrogen-bond acceptors (Lipinski definition) is 4. The van der Waals surface area contributed by atoms with E-state index in [1.807, 2.05) is 42.5 Å². The number of aromatic nitrogens is 1. The summed E-state index contributed by atoms with van der Waals surface area (Å²) in [5, 5.41) is 4.39. The largest absolute Gasteiger partial charge is 0.462 e. The van der Waals surface area contributed by atoms with Crippen LogP contribution in [0.3, 0.4) is 0 Å². The molecule has 0 aliphatic carbocycles. The Kier molecular flexibility index (Phi) is 4.01. The second-order valence-corrected chi connectivity index (χ2v) is 4.83. The number of esters is 1. The molecule has 1 aromatic heterocycles. The van der Waals surface area contributed by atoms with Gasteiger partial charge < -0.3 is 10.1 Å². The maximum atomic E-state index is 11.6. The van der Waals surface area contributed by atoms with Crippen molar-refractivity contribution in [1.29, 1.82) is 0 Å². The number of pyridine rings is 1. The first-order valence-electron chi connectivity index (χ1n) is 7.15. The zero-order valence-corrected chi connectivity index (χ0v) is 12.2. The smallest absolute Gasteiger partial charge is 0.338 e. The summed E-state index contributed by atoms with van der Waals surface area (Å²) < 4.78 is 4.97. The molecule has 0 saturated carbocycles. The van der Waals surface area contributed by atoms with E-state index in [0.717, 1.165) is 22.3 Å². The van der Waals surface area contributed by atoms with Crippen LogP contribution in [0.5, 0.6) is 0 Å². The predicted octanol–water partition coefficient (Wildman–Crippen LogP) is 4.16. The van der Waals surface area contributed by atoms with E-state index in [1.54, 1.807) is 25.3 Å². The third-order valence-electron chi connectivity index (χ3n) is 3.29. The molecule has 1 heterocycles. The number of anilines is 2. The van der Waals surface area contributed by atoms with Crippen LogP contribution in [-0.4, -0.2) is 17.6 Å². The lowest BCUT2D eigenvalue weighted by molar-refractivity contribution is 0.0526. The standard InChI is InChI=1S/C18H16N2O2/c1-2-22-18(21)13-5-7-15(8-6-13)20-16-9-10-17-14(12-16)4-3-11-19-17/h3-12,20H,2H2,1H3. The number of ether oxygens (including phenoxy) is 1. The number of nitrogens with one attached hydrogen (secondary N) is 1. The van der Waals surface area contributed by atoms with Crippen molar-refractivity contribution >= 4 is 28.2 Å². The van der Waals surface area contributed by atoms with Gasteiger partial charge in [0.25, 0.3) is 0 Å². The minimum atomic E-state index is -0.300. The Morgan fingerprint density at radius 2 is 1.86 bits per heavy atom. The summed E-state index contributed by atoms with van der Waals surface area (Å²) in [5.74, 6) is -0.300. The van der Waals surface area contributed by atoms with Crippen LogP contribution < -0.4 is 5.32 Å². The van der Waals surface area contributed by atoms with Crippen molar-refractivity contribution in [2.24, 2.45) is 0 Å². The molecule has 0 saturated heterocycles. The van der Waals surface area contributed by atoms with E-state index in [2.05, 4.69) is 10.3 Å². The molecule has 0 fully saturated rings. The molecule has 0 bridgehead atoms. The molecule has 0 aliphatic heterocycles. The fourth-order valence-electron chi connectivity index (χ4n) is 2.22. The van der Waals surface area contributed by atoms with Gasteiger partial charge in [-0.15, -0.1) is 0 Å². The molecular weight excluding hydrogens is 276 g/mol. The molecule has 4 nitrogen and oxygen atoms in total. The van der Waals surface area contributed by atoms with Crippen LogP contribution in [0.4, 0.5) is 11.4 Å². The van der Waals surface area contributed by atoms with Crippen LogP contribution in [0, 0.1) is 0 Å². The number of carbonyl (C=O) groups excluding carboxylic acids is 1. The fraction of sp³-hybridized carbons (Fsp3) is 0.111. The van der Waals surface area contributed by atoms with Crippen LogP contribution in [0.15, 0.2) is 60.8 Å². The molecular formula is C18H16N2O2. The van der Waals surface area contributed by atoms with E-state index < -0.39 is 0 Å². The van der Waals surface area contributed by atoms with Crippen molar-refractivity contribution in [3.05, 3.63) is 66.4 Å². The molecule has 0 aliphatic rings. The maximum Gasteiger partial charge on any atom is 0.338 e. The Hall–Kier alpha value is -2.88. The van der Waals surface area contributed by atoms with E-state index in [0.29, 0.717) is 12.2 Å². The molecule has 3 aromatic rings. The Bertz CT molecular complexity index is 798. The van der Waals surface area contributed by atoms with Crippen LogP contribution in [0.2, 0.25) is 0 Å². The fourth-order valence-corrected chi connectivity index (χ4v) is 2.22.